The normalized spacial score (nSPS) is 20.1. The van der Waals surface area contributed by atoms with Gasteiger partial charge in [-0.2, -0.15) is 26.3 Å². The molecule has 4 fully saturated rings. The highest BCUT2D eigenvalue weighted by molar-refractivity contribution is 5.87. The Labute approximate surface area is 451 Å². The number of rotatable bonds is 21. The van der Waals surface area contributed by atoms with E-state index in [0.717, 1.165) is 84.2 Å². The number of halogens is 8. The highest BCUT2D eigenvalue weighted by atomic mass is 19.4. The summed E-state index contributed by atoms with van der Waals surface area (Å²) in [4.78, 5) is 66.9. The number of nitrogens with one attached hydrogen (secondary N) is 4. The number of benzene rings is 2. The van der Waals surface area contributed by atoms with Crippen molar-refractivity contribution < 1.29 is 73.6 Å². The van der Waals surface area contributed by atoms with E-state index in [1.165, 1.54) is 12.3 Å². The van der Waals surface area contributed by atoms with Crippen LogP contribution in [0.25, 0.3) is 16.8 Å². The Kier molecular flexibility index (Phi) is 18.5. The zero-order chi connectivity index (χ0) is 57.8. The van der Waals surface area contributed by atoms with Crippen molar-refractivity contribution in [1.82, 2.24) is 36.3 Å². The number of allylic oxidation sites excluding steroid dienone is 1. The fourth-order valence-corrected chi connectivity index (χ4v) is 9.72. The fourth-order valence-electron chi connectivity index (χ4n) is 9.72. The van der Waals surface area contributed by atoms with Gasteiger partial charge in [-0.3, -0.25) is 24.9 Å². The molecule has 4 heterocycles. The van der Waals surface area contributed by atoms with Crippen LogP contribution in [0.4, 0.5) is 50.5 Å². The van der Waals surface area contributed by atoms with Gasteiger partial charge in [0.25, 0.3) is 5.91 Å². The molecule has 0 radical (unpaired) electrons. The number of hydrogen-bond acceptors (Lipinski definition) is 14. The van der Waals surface area contributed by atoms with E-state index in [1.807, 2.05) is 22.8 Å². The Morgan fingerprint density at radius 2 is 1.35 bits per heavy atom. The fraction of sp³-hybridized carbons (Fsp3) is 0.547. The van der Waals surface area contributed by atoms with Gasteiger partial charge in [-0.05, 0) is 101 Å². The molecule has 1 aromatic heterocycles. The number of methoxy groups -OCH3 is 2. The summed E-state index contributed by atoms with van der Waals surface area (Å²) < 4.78 is 134. The molecule has 26 heteroatoms. The number of piperazine rings is 1. The van der Waals surface area contributed by atoms with Crippen LogP contribution in [0.1, 0.15) is 70.1 Å². The van der Waals surface area contributed by atoms with E-state index >= 15 is 8.78 Å². The quantitative estimate of drug-likeness (QED) is 0.0400. The molecule has 4 amide bonds. The number of carbonyl (C=O) groups is 4. The first-order valence-corrected chi connectivity index (χ1v) is 25.6. The highest BCUT2D eigenvalue weighted by Crippen LogP contribution is 2.42. The van der Waals surface area contributed by atoms with Crippen LogP contribution in [-0.4, -0.2) is 158 Å². The van der Waals surface area contributed by atoms with Crippen molar-refractivity contribution in [3.05, 3.63) is 89.1 Å². The van der Waals surface area contributed by atoms with Crippen LogP contribution < -0.4 is 32.0 Å². The van der Waals surface area contributed by atoms with Crippen molar-refractivity contribution in [2.24, 2.45) is 21.6 Å². The molecule has 6 atom stereocenters. The van der Waals surface area contributed by atoms with Gasteiger partial charge in [0.05, 0.1) is 62.5 Å². The summed E-state index contributed by atoms with van der Waals surface area (Å²) in [5, 5.41) is 18.8. The van der Waals surface area contributed by atoms with Crippen molar-refractivity contribution in [1.29, 1.82) is 0 Å². The third-order valence-corrected chi connectivity index (χ3v) is 15.1. The number of alkyl carbamates (subject to hydrolysis) is 2. The second kappa shape index (κ2) is 24.4. The van der Waals surface area contributed by atoms with Crippen LogP contribution in [0.5, 0.6) is 0 Å². The number of pyridine rings is 1. The van der Waals surface area contributed by atoms with E-state index in [2.05, 4.69) is 35.0 Å². The number of nitrogens with two attached hydrogens (primary N) is 1. The molecule has 2 bridgehead atoms. The van der Waals surface area contributed by atoms with Crippen molar-refractivity contribution in [3.8, 4) is 11.1 Å². The van der Waals surface area contributed by atoms with Crippen LogP contribution in [0.3, 0.4) is 0 Å². The number of aliphatic imine (C=N–C) groups is 1. The van der Waals surface area contributed by atoms with Crippen molar-refractivity contribution in [2.45, 2.75) is 127 Å². The Morgan fingerprint density at radius 1 is 0.810 bits per heavy atom. The zero-order valence-corrected chi connectivity index (χ0v) is 44.4. The van der Waals surface area contributed by atoms with Gasteiger partial charge in [0, 0.05) is 73.1 Å². The standard InChI is InChI=1S/C53H66F8N10O8/c1-50(2,52(56,57)58)44(66-48(75)77-5)46(73)65-41(19-29-7-9-30(10-8-29)31-11-16-43(64-22-31)69-23-34-14-15-35(24-69)71(34)36-27-79-28-36)42(72)26-70(68-47(74)45(67-49(76)78-6)51(3,4)53(59,60)61)25-37-38(54)20-32(21-39(37)55)40(62)17-18-63-33-12-13-33/h7-11,16-18,20-22,33-36,41-42,44-45,72H,12-15,19,23-28,62H2,1-6H3,(H,65,73)(H,66,75)(H,67,76)(H,68,74)/t34?,35?,41-,42-,44+,45+/m0/s1. The number of hydrogen-bond donors (Lipinski definition) is 6. The van der Waals surface area contributed by atoms with E-state index in [9.17, 15) is 50.6 Å². The van der Waals surface area contributed by atoms with Gasteiger partial charge in [-0.25, -0.2) is 28.4 Å². The maximum atomic E-state index is 16.1. The second-order valence-electron chi connectivity index (χ2n) is 21.4. The zero-order valence-electron chi connectivity index (χ0n) is 44.4. The van der Waals surface area contributed by atoms with Crippen molar-refractivity contribution in [3.63, 3.8) is 0 Å². The second-order valence-corrected chi connectivity index (χ2v) is 21.4. The molecule has 2 aromatic carbocycles. The lowest BCUT2D eigenvalue weighted by Crippen LogP contribution is -2.63. The van der Waals surface area contributed by atoms with Gasteiger partial charge in [0.15, 0.2) is 0 Å². The van der Waals surface area contributed by atoms with E-state index in [1.54, 1.807) is 30.5 Å². The summed E-state index contributed by atoms with van der Waals surface area (Å²) in [5.41, 5.74) is 2.83. The number of alkyl halides is 6. The molecule has 2 unspecified atom stereocenters. The number of hydrazine groups is 1. The first-order chi connectivity index (χ1) is 37.1. The van der Waals surface area contributed by atoms with Crippen LogP contribution in [-0.2, 0) is 36.8 Å². The molecule has 3 aliphatic heterocycles. The van der Waals surface area contributed by atoms with Gasteiger partial charge in [-0.15, -0.1) is 0 Å². The molecule has 432 valence electrons. The summed E-state index contributed by atoms with van der Waals surface area (Å²) >= 11 is 0. The lowest BCUT2D eigenvalue weighted by Gasteiger charge is -2.48. The number of amides is 4. The van der Waals surface area contributed by atoms with E-state index in [4.69, 9.17) is 15.5 Å². The van der Waals surface area contributed by atoms with Gasteiger partial charge < -0.3 is 45.9 Å². The third kappa shape index (κ3) is 14.2. The van der Waals surface area contributed by atoms with Crippen LogP contribution >= 0.6 is 0 Å². The summed E-state index contributed by atoms with van der Waals surface area (Å²) in [6, 6.07) is 6.75. The van der Waals surface area contributed by atoms with Crippen molar-refractivity contribution in [2.75, 3.05) is 52.0 Å². The maximum absolute atomic E-state index is 16.1. The minimum absolute atomic E-state index is 0.0955. The van der Waals surface area contributed by atoms with Gasteiger partial charge in [-0.1, -0.05) is 24.3 Å². The Balaban J connectivity index is 1.19. The predicted octanol–water partition coefficient (Wildman–Crippen LogP) is 6.16. The highest BCUT2D eigenvalue weighted by Gasteiger charge is 2.57. The Hall–Kier alpha value is -6.64. The monoisotopic (exact) mass is 1120 g/mol. The van der Waals surface area contributed by atoms with Crippen LogP contribution in [0.2, 0.25) is 0 Å². The molecular weight excluding hydrogens is 1060 g/mol. The molecule has 79 heavy (non-hydrogen) atoms. The first kappa shape index (κ1) is 60.0. The average Bonchev–Trinajstić information content (AvgIpc) is 4.18. The van der Waals surface area contributed by atoms with Gasteiger partial charge in [0.1, 0.15) is 29.5 Å². The number of nitrogens with zero attached hydrogens (tertiary/aromatic N) is 5. The number of anilines is 1. The summed E-state index contributed by atoms with van der Waals surface area (Å²) in [5.74, 6) is -4.85. The number of ether oxygens (including phenoxy) is 3. The molecular formula is C53H66F8N10O8. The maximum Gasteiger partial charge on any atom is 0.407 e. The molecule has 7 rings (SSSR count). The van der Waals surface area contributed by atoms with E-state index < -0.39 is 108 Å². The number of aliphatic hydroxyl groups is 1. The van der Waals surface area contributed by atoms with E-state index in [0.29, 0.717) is 67.5 Å². The Bertz CT molecular complexity index is 2680. The summed E-state index contributed by atoms with van der Waals surface area (Å²) in [7, 11) is 1.67. The topological polar surface area (TPSA) is 225 Å². The van der Waals surface area contributed by atoms with Gasteiger partial charge in [0.2, 0.25) is 5.91 Å². The van der Waals surface area contributed by atoms with Gasteiger partial charge >= 0.3 is 24.5 Å². The molecule has 18 nitrogen and oxygen atoms in total. The van der Waals surface area contributed by atoms with Crippen LogP contribution in [0.15, 0.2) is 65.8 Å². The third-order valence-electron chi connectivity index (χ3n) is 15.1. The molecule has 3 aromatic rings. The molecule has 1 aliphatic carbocycles. The number of fused-ring (bicyclic) bond motifs is 2. The molecule has 3 saturated heterocycles. The smallest absolute Gasteiger partial charge is 0.407 e. The number of aliphatic hydroxyl groups excluding tert-OH is 1. The molecule has 1 saturated carbocycles. The molecule has 0 spiro atoms. The number of carbonyl (C=O) groups excluding carboxylic acids is 4. The van der Waals surface area contributed by atoms with E-state index in [-0.39, 0.29) is 17.3 Å². The Morgan fingerprint density at radius 3 is 1.84 bits per heavy atom. The summed E-state index contributed by atoms with van der Waals surface area (Å²) in [6.07, 6.45) is -7.38. The predicted molar refractivity (Wildman–Crippen MR) is 274 cm³/mol. The SMILES string of the molecule is COC(=O)N[C@H](C(=O)N[C@@H](Cc1ccc(-c2ccc(N3CC4CCC(C3)N4C3COC3)nc2)cc1)[C@@H](O)CN(Cc1c(F)cc(C(N)=CC=NC2CC2)cc1F)NC(=O)[C@@H](NC(=O)OC)C(C)(C)C(F)(F)F)C(C)(C)C(F)(F)F. The minimum Gasteiger partial charge on any atom is -0.453 e. The van der Waals surface area contributed by atoms with Crippen LogP contribution in [0, 0.1) is 22.5 Å². The molecule has 4 aliphatic rings. The molecule has 7 N–H and O–H groups in total. The lowest BCUT2D eigenvalue weighted by molar-refractivity contribution is -0.221. The lowest BCUT2D eigenvalue weighted by atomic mass is 9.82. The summed E-state index contributed by atoms with van der Waals surface area (Å²) in [6.45, 7) is 3.47. The number of aromatic nitrogens is 1. The largest absolute Gasteiger partial charge is 0.453 e. The first-order valence-electron chi connectivity index (χ1n) is 25.6. The average molecular weight is 1120 g/mol. The minimum atomic E-state index is -5.18. The van der Waals surface area contributed by atoms with Crippen molar-refractivity contribution >= 4 is 41.7 Å².